The van der Waals surface area contributed by atoms with Crippen molar-refractivity contribution in [3.05, 3.63) is 0 Å². The minimum atomic E-state index is -0.111. The second-order valence-corrected chi connectivity index (χ2v) is 3.90. The quantitative estimate of drug-likeness (QED) is 0.658. The third-order valence-electron chi connectivity index (χ3n) is 3.16. The second kappa shape index (κ2) is 2.22. The van der Waals surface area contributed by atoms with Crippen LogP contribution in [0.4, 0.5) is 0 Å². The molecule has 11 heavy (non-hydrogen) atoms. The van der Waals surface area contributed by atoms with Crippen molar-refractivity contribution in [2.75, 3.05) is 6.54 Å². The minimum Gasteiger partial charge on any atom is -0.329 e. The third kappa shape index (κ3) is 0.954. The lowest BCUT2D eigenvalue weighted by Crippen LogP contribution is -2.33. The first-order chi connectivity index (χ1) is 5.33. The highest BCUT2D eigenvalue weighted by Crippen LogP contribution is 2.56. The Balaban J connectivity index is 2.15. The van der Waals surface area contributed by atoms with Gasteiger partial charge in [0.05, 0.1) is 11.5 Å². The summed E-state index contributed by atoms with van der Waals surface area (Å²) in [4.78, 5) is 0. The van der Waals surface area contributed by atoms with Crippen LogP contribution in [0.5, 0.6) is 0 Å². The lowest BCUT2D eigenvalue weighted by Gasteiger charge is -2.23. The molecule has 0 radical (unpaired) electrons. The van der Waals surface area contributed by atoms with E-state index in [1.807, 2.05) is 0 Å². The van der Waals surface area contributed by atoms with E-state index in [9.17, 15) is 0 Å². The fourth-order valence-corrected chi connectivity index (χ4v) is 2.09. The van der Waals surface area contributed by atoms with Gasteiger partial charge in [0.2, 0.25) is 0 Å². The van der Waals surface area contributed by atoms with Gasteiger partial charge in [-0.2, -0.15) is 5.26 Å². The maximum Gasteiger partial charge on any atom is 0.0752 e. The Kier molecular flexibility index (Phi) is 1.43. The van der Waals surface area contributed by atoms with Gasteiger partial charge in [-0.25, -0.2) is 0 Å². The van der Waals surface area contributed by atoms with Crippen LogP contribution in [0.1, 0.15) is 25.7 Å². The predicted octanol–water partition coefficient (Wildman–Crippen LogP) is 1.28. The Hall–Kier alpha value is -0.550. The topological polar surface area (TPSA) is 49.8 Å². The number of nitriles is 1. The molecule has 0 aromatic carbocycles. The molecule has 0 aromatic rings. The van der Waals surface area contributed by atoms with Crippen LogP contribution in [0, 0.1) is 28.6 Å². The smallest absolute Gasteiger partial charge is 0.0752 e. The van der Waals surface area contributed by atoms with Crippen LogP contribution < -0.4 is 5.73 Å². The molecule has 0 spiro atoms. The largest absolute Gasteiger partial charge is 0.329 e. The molecule has 2 fully saturated rings. The summed E-state index contributed by atoms with van der Waals surface area (Å²) in [6.45, 7) is 0.582. The van der Waals surface area contributed by atoms with Crippen molar-refractivity contribution in [3.63, 3.8) is 0 Å². The summed E-state index contributed by atoms with van der Waals surface area (Å²) >= 11 is 0. The number of hydrogen-bond acceptors (Lipinski definition) is 2. The molecule has 0 heterocycles. The molecule has 2 rings (SSSR count). The van der Waals surface area contributed by atoms with Crippen molar-refractivity contribution in [2.45, 2.75) is 25.7 Å². The monoisotopic (exact) mass is 150 g/mol. The van der Waals surface area contributed by atoms with E-state index in [0.717, 1.165) is 0 Å². The Labute approximate surface area is 67.4 Å². The van der Waals surface area contributed by atoms with Crippen molar-refractivity contribution in [2.24, 2.45) is 23.0 Å². The summed E-state index contributed by atoms with van der Waals surface area (Å²) in [5.41, 5.74) is 5.57. The molecule has 2 saturated carbocycles. The van der Waals surface area contributed by atoms with Crippen LogP contribution in [0.25, 0.3) is 0 Å². The summed E-state index contributed by atoms with van der Waals surface area (Å²) in [6.07, 6.45) is 4.95. The maximum atomic E-state index is 9.07. The Morgan fingerprint density at radius 3 is 1.91 bits per heavy atom. The van der Waals surface area contributed by atoms with Gasteiger partial charge in [-0.05, 0) is 37.5 Å². The van der Waals surface area contributed by atoms with Gasteiger partial charge >= 0.3 is 0 Å². The van der Waals surface area contributed by atoms with Crippen LogP contribution in [0.15, 0.2) is 0 Å². The Bertz CT molecular complexity index is 184. The Morgan fingerprint density at radius 1 is 1.27 bits per heavy atom. The first-order valence-electron chi connectivity index (χ1n) is 4.45. The number of nitrogens with zero attached hydrogens (tertiary/aromatic N) is 1. The second-order valence-electron chi connectivity index (χ2n) is 3.90. The van der Waals surface area contributed by atoms with Crippen LogP contribution >= 0.6 is 0 Å². The summed E-state index contributed by atoms with van der Waals surface area (Å²) in [5, 5.41) is 9.07. The van der Waals surface area contributed by atoms with E-state index in [-0.39, 0.29) is 5.41 Å². The van der Waals surface area contributed by atoms with Gasteiger partial charge in [-0.15, -0.1) is 0 Å². The average Bonchev–Trinajstić information content (AvgIpc) is 2.87. The molecular weight excluding hydrogens is 136 g/mol. The van der Waals surface area contributed by atoms with E-state index in [0.29, 0.717) is 18.4 Å². The van der Waals surface area contributed by atoms with E-state index in [2.05, 4.69) is 6.07 Å². The number of nitrogens with two attached hydrogens (primary N) is 1. The van der Waals surface area contributed by atoms with E-state index >= 15 is 0 Å². The lowest BCUT2D eigenvalue weighted by atomic mass is 9.79. The maximum absolute atomic E-state index is 9.07. The van der Waals surface area contributed by atoms with Crippen LogP contribution in [-0.2, 0) is 0 Å². The zero-order chi connectivity index (χ0) is 7.90. The van der Waals surface area contributed by atoms with E-state index in [4.69, 9.17) is 11.0 Å². The fraction of sp³-hybridized carbons (Fsp3) is 0.889. The molecule has 2 aliphatic carbocycles. The van der Waals surface area contributed by atoms with Crippen molar-refractivity contribution in [3.8, 4) is 6.07 Å². The molecule has 2 heteroatoms. The highest BCUT2D eigenvalue weighted by molar-refractivity contribution is 5.14. The van der Waals surface area contributed by atoms with E-state index in [1.165, 1.54) is 25.7 Å². The van der Waals surface area contributed by atoms with Gasteiger partial charge in [0.25, 0.3) is 0 Å². The highest BCUT2D eigenvalue weighted by atomic mass is 14.7. The summed E-state index contributed by atoms with van der Waals surface area (Å²) in [5.74, 6) is 1.29. The highest BCUT2D eigenvalue weighted by Gasteiger charge is 2.53. The first-order valence-corrected chi connectivity index (χ1v) is 4.45. The summed E-state index contributed by atoms with van der Waals surface area (Å²) in [6, 6.07) is 2.46. The predicted molar refractivity (Wildman–Crippen MR) is 42.5 cm³/mol. The van der Waals surface area contributed by atoms with E-state index < -0.39 is 0 Å². The molecule has 0 saturated heterocycles. The Morgan fingerprint density at radius 2 is 1.73 bits per heavy atom. The summed E-state index contributed by atoms with van der Waals surface area (Å²) < 4.78 is 0. The number of hydrogen-bond donors (Lipinski definition) is 1. The van der Waals surface area contributed by atoms with Crippen LogP contribution in [0.3, 0.4) is 0 Å². The van der Waals surface area contributed by atoms with Gasteiger partial charge < -0.3 is 5.73 Å². The van der Waals surface area contributed by atoms with Gasteiger partial charge in [-0.1, -0.05) is 0 Å². The fourth-order valence-electron chi connectivity index (χ4n) is 2.09. The standard InChI is InChI=1S/C9H14N2/c10-5-9(6-11,7-1-2-7)8-3-4-8/h7-8H,1-5,10H2. The van der Waals surface area contributed by atoms with Crippen molar-refractivity contribution in [1.29, 1.82) is 5.26 Å². The van der Waals surface area contributed by atoms with Crippen LogP contribution in [0.2, 0.25) is 0 Å². The molecule has 2 N–H and O–H groups in total. The van der Waals surface area contributed by atoms with Crippen molar-refractivity contribution < 1.29 is 0 Å². The van der Waals surface area contributed by atoms with Crippen molar-refractivity contribution >= 4 is 0 Å². The molecule has 0 atom stereocenters. The van der Waals surface area contributed by atoms with Gasteiger partial charge in [0, 0.05) is 6.54 Å². The molecule has 0 bridgehead atoms. The molecule has 0 aromatic heterocycles. The first kappa shape index (κ1) is 7.12. The minimum absolute atomic E-state index is 0.111. The molecule has 0 amide bonds. The number of rotatable bonds is 3. The molecule has 60 valence electrons. The van der Waals surface area contributed by atoms with Crippen LogP contribution in [-0.4, -0.2) is 6.54 Å². The zero-order valence-electron chi connectivity index (χ0n) is 6.71. The van der Waals surface area contributed by atoms with Gasteiger partial charge in [0.1, 0.15) is 0 Å². The molecule has 2 aliphatic rings. The molecule has 2 nitrogen and oxygen atoms in total. The lowest BCUT2D eigenvalue weighted by molar-refractivity contribution is 0.299. The molecular formula is C9H14N2. The average molecular weight is 150 g/mol. The van der Waals surface area contributed by atoms with Gasteiger partial charge in [0.15, 0.2) is 0 Å². The SMILES string of the molecule is N#CC(CN)(C1CC1)C1CC1. The van der Waals surface area contributed by atoms with Gasteiger partial charge in [-0.3, -0.25) is 0 Å². The summed E-state index contributed by atoms with van der Waals surface area (Å²) in [7, 11) is 0. The zero-order valence-corrected chi connectivity index (χ0v) is 6.71. The van der Waals surface area contributed by atoms with Crippen molar-refractivity contribution in [1.82, 2.24) is 0 Å². The third-order valence-corrected chi connectivity index (χ3v) is 3.16. The molecule has 0 aliphatic heterocycles. The van der Waals surface area contributed by atoms with E-state index in [1.54, 1.807) is 0 Å². The normalized spacial score (nSPS) is 24.7. The molecule has 0 unspecified atom stereocenters.